The largest absolute Gasteiger partial charge is 0.394 e. The second-order valence-electron chi connectivity index (χ2n) is 1.52. The molecule has 6 heteroatoms. The Kier molecular flexibility index (Phi) is 5.94. The van der Waals surface area contributed by atoms with Crippen LogP contribution in [0.1, 0.15) is 0 Å². The van der Waals surface area contributed by atoms with Crippen molar-refractivity contribution in [2.75, 3.05) is 13.2 Å². The molecule has 0 aliphatic rings. The Morgan fingerprint density at radius 2 is 2.40 bits per heavy atom. The van der Waals surface area contributed by atoms with E-state index in [4.69, 9.17) is 15.9 Å². The molecule has 0 aromatic rings. The molecule has 1 unspecified atom stereocenters. The molecular weight excluding hydrogens is 174 g/mol. The number of nitrogens with two attached hydrogens (primary N) is 1. The molecule has 60 valence electrons. The second-order valence-corrected chi connectivity index (χ2v) is 3.06. The Labute approximate surface area is 68.6 Å². The van der Waals surface area contributed by atoms with E-state index in [0.29, 0.717) is 0 Å². The number of thiocarbonyl (C=S) groups is 1. The van der Waals surface area contributed by atoms with E-state index >= 15 is 0 Å². The maximum Gasteiger partial charge on any atom is 0.158 e. The molecule has 0 fully saturated rings. The number of rotatable bonds is 4. The number of aliphatic hydroxyl groups excluding tert-OH is 2. The van der Waals surface area contributed by atoms with Gasteiger partial charge in [0.05, 0.1) is 25.3 Å². The van der Waals surface area contributed by atoms with Crippen LogP contribution in [0.2, 0.25) is 0 Å². The molecule has 4 N–H and O–H groups in total. The molecule has 10 heavy (non-hydrogen) atoms. The van der Waals surface area contributed by atoms with Crippen LogP contribution in [0.5, 0.6) is 0 Å². The van der Waals surface area contributed by atoms with Crippen molar-refractivity contribution < 1.29 is 14.4 Å². The van der Waals surface area contributed by atoms with Crippen LogP contribution < -0.4 is 5.73 Å². The van der Waals surface area contributed by atoms with E-state index in [0.717, 1.165) is 12.0 Å². The third-order valence-electron chi connectivity index (χ3n) is 0.612. The van der Waals surface area contributed by atoms with Gasteiger partial charge in [0.15, 0.2) is 4.32 Å². The zero-order chi connectivity index (χ0) is 7.98. The summed E-state index contributed by atoms with van der Waals surface area (Å²) in [6.07, 6.45) is -0.859. The quantitative estimate of drug-likeness (QED) is 0.393. The lowest BCUT2D eigenvalue weighted by Crippen LogP contribution is -2.18. The summed E-state index contributed by atoms with van der Waals surface area (Å²) >= 11 is 5.27. The first kappa shape index (κ1) is 10.1. The monoisotopic (exact) mass is 183 g/mol. The first-order valence-electron chi connectivity index (χ1n) is 2.54. The van der Waals surface area contributed by atoms with E-state index in [9.17, 15) is 0 Å². The molecule has 0 amide bonds. The summed E-state index contributed by atoms with van der Waals surface area (Å²) in [4.78, 5) is 0. The molecule has 0 saturated heterocycles. The Balaban J connectivity index is 3.11. The summed E-state index contributed by atoms with van der Waals surface area (Å²) in [5, 5.41) is 17.0. The van der Waals surface area contributed by atoms with Gasteiger partial charge in [-0.15, -0.1) is 0 Å². The maximum atomic E-state index is 8.70. The minimum Gasteiger partial charge on any atom is -0.394 e. The van der Waals surface area contributed by atoms with Gasteiger partial charge >= 0.3 is 0 Å². The molecule has 0 aromatic heterocycles. The van der Waals surface area contributed by atoms with Crippen molar-refractivity contribution in [3.8, 4) is 0 Å². The third-order valence-corrected chi connectivity index (χ3v) is 1.23. The van der Waals surface area contributed by atoms with Gasteiger partial charge in [0.2, 0.25) is 0 Å². The van der Waals surface area contributed by atoms with E-state index in [-0.39, 0.29) is 17.5 Å². The van der Waals surface area contributed by atoms with Gasteiger partial charge in [-0.05, 0) is 0 Å². The molecule has 0 heterocycles. The molecule has 0 saturated carbocycles. The number of hydrogen-bond donors (Lipinski definition) is 3. The maximum absolute atomic E-state index is 8.70. The van der Waals surface area contributed by atoms with Crippen molar-refractivity contribution in [3.63, 3.8) is 0 Å². The van der Waals surface area contributed by atoms with Crippen LogP contribution in [-0.4, -0.2) is 33.9 Å². The van der Waals surface area contributed by atoms with Crippen molar-refractivity contribution in [2.45, 2.75) is 6.10 Å². The van der Waals surface area contributed by atoms with Crippen LogP contribution in [0, 0.1) is 0 Å². The first-order valence-corrected chi connectivity index (χ1v) is 3.69. The Morgan fingerprint density at radius 1 is 1.80 bits per heavy atom. The number of aliphatic hydroxyl groups is 2. The molecule has 0 radical (unpaired) electrons. The van der Waals surface area contributed by atoms with Crippen molar-refractivity contribution in [2.24, 2.45) is 5.73 Å². The lowest BCUT2D eigenvalue weighted by atomic mass is 10.4. The van der Waals surface area contributed by atoms with Gasteiger partial charge in [-0.2, -0.15) is 0 Å². The van der Waals surface area contributed by atoms with Crippen molar-refractivity contribution in [3.05, 3.63) is 0 Å². The minimum absolute atomic E-state index is 0.0263. The van der Waals surface area contributed by atoms with Crippen molar-refractivity contribution in [1.29, 1.82) is 0 Å². The van der Waals surface area contributed by atoms with Gasteiger partial charge in [0.25, 0.3) is 0 Å². The van der Waals surface area contributed by atoms with Crippen LogP contribution >= 0.6 is 24.3 Å². The predicted molar refractivity (Wildman–Crippen MR) is 43.4 cm³/mol. The van der Waals surface area contributed by atoms with E-state index in [2.05, 4.69) is 16.4 Å². The number of hydrogen-bond acceptors (Lipinski definition) is 5. The van der Waals surface area contributed by atoms with Crippen LogP contribution in [0.3, 0.4) is 0 Å². The highest BCUT2D eigenvalue weighted by Gasteiger charge is 2.01. The average molecular weight is 183 g/mol. The highest BCUT2D eigenvalue weighted by atomic mass is 32.2. The lowest BCUT2D eigenvalue weighted by Gasteiger charge is -2.04. The smallest absolute Gasteiger partial charge is 0.158 e. The van der Waals surface area contributed by atoms with Crippen LogP contribution in [-0.2, 0) is 4.18 Å². The fourth-order valence-electron chi connectivity index (χ4n) is 0.223. The molecular formula is C4H9NO3S2. The van der Waals surface area contributed by atoms with Gasteiger partial charge in [-0.3, -0.25) is 0 Å². The summed E-state index contributed by atoms with van der Waals surface area (Å²) < 4.78 is 4.85. The van der Waals surface area contributed by atoms with Crippen LogP contribution in [0.25, 0.3) is 0 Å². The fourth-order valence-corrected chi connectivity index (χ4v) is 0.709. The fraction of sp³-hybridized carbons (Fsp3) is 0.750. The van der Waals surface area contributed by atoms with Gasteiger partial charge in [-0.25, -0.2) is 0 Å². The molecule has 0 bridgehead atoms. The summed E-state index contributed by atoms with van der Waals surface area (Å²) in [6.45, 7) is -0.295. The van der Waals surface area contributed by atoms with E-state index < -0.39 is 6.10 Å². The van der Waals surface area contributed by atoms with Gasteiger partial charge < -0.3 is 20.1 Å². The highest BCUT2D eigenvalue weighted by molar-refractivity contribution is 8.19. The van der Waals surface area contributed by atoms with Gasteiger partial charge in [0.1, 0.15) is 6.10 Å². The zero-order valence-corrected chi connectivity index (χ0v) is 6.82. The summed E-state index contributed by atoms with van der Waals surface area (Å²) in [5.74, 6) is 0. The molecule has 0 spiro atoms. The molecule has 0 rings (SSSR count). The zero-order valence-electron chi connectivity index (χ0n) is 5.19. The SMILES string of the molecule is NC(=S)SOCC(O)CO. The Morgan fingerprint density at radius 3 is 2.80 bits per heavy atom. The Bertz CT molecular complexity index is 111. The third kappa shape index (κ3) is 6.24. The van der Waals surface area contributed by atoms with Crippen molar-refractivity contribution >= 4 is 28.6 Å². The standard InChI is InChI=1S/C4H9NO3S2/c5-4(9)10-8-2-3(7)1-6/h3,6-7H,1-2H2,(H2,5,9). The Hall–Kier alpha value is 0.120. The highest BCUT2D eigenvalue weighted by Crippen LogP contribution is 2.02. The van der Waals surface area contributed by atoms with E-state index in [1.54, 1.807) is 0 Å². The van der Waals surface area contributed by atoms with E-state index in [1.807, 2.05) is 0 Å². The van der Waals surface area contributed by atoms with Gasteiger partial charge in [-0.1, -0.05) is 12.2 Å². The molecule has 0 aliphatic heterocycles. The summed E-state index contributed by atoms with van der Waals surface area (Å²) in [6, 6.07) is 0. The summed E-state index contributed by atoms with van der Waals surface area (Å²) in [5.41, 5.74) is 5.05. The lowest BCUT2D eigenvalue weighted by molar-refractivity contribution is 0.0607. The van der Waals surface area contributed by atoms with Crippen LogP contribution in [0.4, 0.5) is 0 Å². The minimum atomic E-state index is -0.859. The molecule has 0 aromatic carbocycles. The molecule has 4 nitrogen and oxygen atoms in total. The summed E-state index contributed by atoms with van der Waals surface area (Å²) in [7, 11) is 0. The normalized spacial score (nSPS) is 13.0. The predicted octanol–water partition coefficient (Wildman–Crippen LogP) is -0.752. The van der Waals surface area contributed by atoms with E-state index in [1.165, 1.54) is 0 Å². The molecule has 1 atom stereocenters. The first-order chi connectivity index (χ1) is 4.66. The van der Waals surface area contributed by atoms with Gasteiger partial charge in [0, 0.05) is 0 Å². The second kappa shape index (κ2) is 5.87. The topological polar surface area (TPSA) is 75.7 Å². The molecule has 0 aliphatic carbocycles. The van der Waals surface area contributed by atoms with Crippen LogP contribution in [0.15, 0.2) is 0 Å². The van der Waals surface area contributed by atoms with Crippen molar-refractivity contribution in [1.82, 2.24) is 0 Å². The average Bonchev–Trinajstić information content (AvgIpc) is 1.87.